The third-order valence-corrected chi connectivity index (χ3v) is 3.74. The molecule has 1 saturated heterocycles. The zero-order valence-corrected chi connectivity index (χ0v) is 12.3. The maximum absolute atomic E-state index is 5.14. The molecule has 0 unspecified atom stereocenters. The Bertz CT molecular complexity index is 397. The number of anilines is 1. The monoisotopic (exact) mass is 263 g/mol. The number of pyridine rings is 1. The van der Waals surface area contributed by atoms with Crippen molar-refractivity contribution in [2.24, 2.45) is 0 Å². The molecule has 0 N–H and O–H groups in total. The number of hydrogen-bond donors (Lipinski definition) is 0. The van der Waals surface area contributed by atoms with Crippen LogP contribution in [-0.4, -0.2) is 56.3 Å². The molecule has 1 aromatic heterocycles. The normalized spacial score (nSPS) is 19.4. The number of methoxy groups -OCH3 is 1. The van der Waals surface area contributed by atoms with Crippen LogP contribution in [0, 0.1) is 6.92 Å². The lowest BCUT2D eigenvalue weighted by atomic mass is 10.2. The Morgan fingerprint density at radius 2 is 2.32 bits per heavy atom. The summed E-state index contributed by atoms with van der Waals surface area (Å²) in [4.78, 5) is 9.46. The SMILES string of the molecule is COCCN(C)C[C@H]1CCCN1c1cccc(C)n1. The van der Waals surface area contributed by atoms with Crippen LogP contribution in [0.1, 0.15) is 18.5 Å². The van der Waals surface area contributed by atoms with E-state index in [2.05, 4.69) is 47.0 Å². The van der Waals surface area contributed by atoms with E-state index in [9.17, 15) is 0 Å². The summed E-state index contributed by atoms with van der Waals surface area (Å²) in [6.45, 7) is 6.05. The van der Waals surface area contributed by atoms with E-state index in [1.165, 1.54) is 12.8 Å². The average molecular weight is 263 g/mol. The van der Waals surface area contributed by atoms with Crippen LogP contribution in [-0.2, 0) is 4.74 Å². The lowest BCUT2D eigenvalue weighted by molar-refractivity contribution is 0.158. The Hall–Kier alpha value is -1.13. The summed E-state index contributed by atoms with van der Waals surface area (Å²) in [6, 6.07) is 6.86. The van der Waals surface area contributed by atoms with Gasteiger partial charge in [-0.3, -0.25) is 0 Å². The number of ether oxygens (including phenoxy) is 1. The molecule has 1 fully saturated rings. The number of aromatic nitrogens is 1. The number of rotatable bonds is 6. The van der Waals surface area contributed by atoms with E-state index in [1.54, 1.807) is 7.11 Å². The fraction of sp³-hybridized carbons (Fsp3) is 0.667. The van der Waals surface area contributed by atoms with E-state index in [0.29, 0.717) is 6.04 Å². The van der Waals surface area contributed by atoms with Crippen molar-refractivity contribution in [3.63, 3.8) is 0 Å². The Balaban J connectivity index is 1.97. The molecule has 0 radical (unpaired) electrons. The summed E-state index contributed by atoms with van der Waals surface area (Å²) in [5.74, 6) is 1.13. The second-order valence-corrected chi connectivity index (χ2v) is 5.38. The van der Waals surface area contributed by atoms with Gasteiger partial charge in [-0.2, -0.15) is 0 Å². The molecule has 1 aromatic rings. The fourth-order valence-corrected chi connectivity index (χ4v) is 2.71. The van der Waals surface area contributed by atoms with Gasteiger partial charge in [0.25, 0.3) is 0 Å². The average Bonchev–Trinajstić information content (AvgIpc) is 2.84. The number of nitrogens with zero attached hydrogens (tertiary/aromatic N) is 3. The first-order valence-electron chi connectivity index (χ1n) is 7.08. The van der Waals surface area contributed by atoms with E-state index in [0.717, 1.165) is 37.8 Å². The zero-order chi connectivity index (χ0) is 13.7. The summed E-state index contributed by atoms with van der Waals surface area (Å²) in [6.07, 6.45) is 2.52. The molecule has 19 heavy (non-hydrogen) atoms. The van der Waals surface area contributed by atoms with Crippen LogP contribution in [0.5, 0.6) is 0 Å². The highest BCUT2D eigenvalue weighted by molar-refractivity contribution is 5.41. The molecule has 0 spiro atoms. The van der Waals surface area contributed by atoms with Gasteiger partial charge in [0.15, 0.2) is 0 Å². The lowest BCUT2D eigenvalue weighted by Gasteiger charge is -2.29. The van der Waals surface area contributed by atoms with Gasteiger partial charge in [0.1, 0.15) is 5.82 Å². The number of hydrogen-bond acceptors (Lipinski definition) is 4. The highest BCUT2D eigenvalue weighted by Gasteiger charge is 2.26. The molecule has 106 valence electrons. The molecule has 2 rings (SSSR count). The van der Waals surface area contributed by atoms with Crippen molar-refractivity contribution in [3.05, 3.63) is 23.9 Å². The van der Waals surface area contributed by atoms with Crippen LogP contribution >= 0.6 is 0 Å². The van der Waals surface area contributed by atoms with Crippen LogP contribution in [0.25, 0.3) is 0 Å². The molecular weight excluding hydrogens is 238 g/mol. The van der Waals surface area contributed by atoms with Crippen molar-refractivity contribution in [1.29, 1.82) is 0 Å². The highest BCUT2D eigenvalue weighted by atomic mass is 16.5. The third-order valence-electron chi connectivity index (χ3n) is 3.74. The van der Waals surface area contributed by atoms with Crippen molar-refractivity contribution in [3.8, 4) is 0 Å². The maximum atomic E-state index is 5.14. The molecule has 0 aliphatic carbocycles. The van der Waals surface area contributed by atoms with Crippen LogP contribution in [0.15, 0.2) is 18.2 Å². The van der Waals surface area contributed by atoms with Crippen LogP contribution < -0.4 is 4.90 Å². The van der Waals surface area contributed by atoms with Crippen LogP contribution in [0.2, 0.25) is 0 Å². The van der Waals surface area contributed by atoms with Gasteiger partial charge in [-0.1, -0.05) is 6.07 Å². The van der Waals surface area contributed by atoms with Crippen LogP contribution in [0.3, 0.4) is 0 Å². The third kappa shape index (κ3) is 3.91. The Morgan fingerprint density at radius 1 is 1.47 bits per heavy atom. The smallest absolute Gasteiger partial charge is 0.129 e. The molecule has 2 heterocycles. The summed E-state index contributed by atoms with van der Waals surface area (Å²) in [5, 5.41) is 0. The van der Waals surface area contributed by atoms with Crippen molar-refractivity contribution in [2.45, 2.75) is 25.8 Å². The predicted molar refractivity (Wildman–Crippen MR) is 78.7 cm³/mol. The van der Waals surface area contributed by atoms with Crippen molar-refractivity contribution in [2.75, 3.05) is 45.3 Å². The summed E-state index contributed by atoms with van der Waals surface area (Å²) < 4.78 is 5.14. The summed E-state index contributed by atoms with van der Waals surface area (Å²) >= 11 is 0. The molecule has 0 amide bonds. The van der Waals surface area contributed by atoms with Gasteiger partial charge in [0, 0.05) is 38.5 Å². The van der Waals surface area contributed by atoms with Gasteiger partial charge in [-0.25, -0.2) is 4.98 Å². The maximum Gasteiger partial charge on any atom is 0.129 e. The quantitative estimate of drug-likeness (QED) is 0.784. The Morgan fingerprint density at radius 3 is 3.05 bits per heavy atom. The minimum atomic E-state index is 0.580. The first kappa shape index (κ1) is 14.3. The Labute approximate surface area is 116 Å². The molecule has 0 aromatic carbocycles. The molecule has 0 saturated carbocycles. The van der Waals surface area contributed by atoms with E-state index in [1.807, 2.05) is 0 Å². The van der Waals surface area contributed by atoms with E-state index < -0.39 is 0 Å². The molecule has 4 heteroatoms. The second-order valence-electron chi connectivity index (χ2n) is 5.38. The van der Waals surface area contributed by atoms with E-state index in [-0.39, 0.29) is 0 Å². The Kier molecular flexibility index (Phi) is 5.16. The lowest BCUT2D eigenvalue weighted by Crippen LogP contribution is -2.40. The van der Waals surface area contributed by atoms with E-state index in [4.69, 9.17) is 4.74 Å². The first-order valence-corrected chi connectivity index (χ1v) is 7.08. The van der Waals surface area contributed by atoms with Crippen molar-refractivity contribution in [1.82, 2.24) is 9.88 Å². The minimum absolute atomic E-state index is 0.580. The van der Waals surface area contributed by atoms with E-state index >= 15 is 0 Å². The van der Waals surface area contributed by atoms with Crippen LogP contribution in [0.4, 0.5) is 5.82 Å². The molecular formula is C15H25N3O. The van der Waals surface area contributed by atoms with Gasteiger partial charge >= 0.3 is 0 Å². The molecule has 1 atom stereocenters. The minimum Gasteiger partial charge on any atom is -0.383 e. The second kappa shape index (κ2) is 6.87. The molecule has 1 aliphatic rings. The fourth-order valence-electron chi connectivity index (χ4n) is 2.71. The molecule has 4 nitrogen and oxygen atoms in total. The highest BCUT2D eigenvalue weighted by Crippen LogP contribution is 2.24. The zero-order valence-electron chi connectivity index (χ0n) is 12.3. The largest absolute Gasteiger partial charge is 0.383 e. The predicted octanol–water partition coefficient (Wildman–Crippen LogP) is 1.94. The first-order chi connectivity index (χ1) is 9.20. The van der Waals surface area contributed by atoms with Gasteiger partial charge in [-0.05, 0) is 38.9 Å². The summed E-state index contributed by atoms with van der Waals surface area (Å²) in [5.41, 5.74) is 1.09. The van der Waals surface area contributed by atoms with Gasteiger partial charge in [0.05, 0.1) is 6.61 Å². The molecule has 1 aliphatic heterocycles. The summed E-state index contributed by atoms with van der Waals surface area (Å²) in [7, 11) is 3.92. The number of aryl methyl sites for hydroxylation is 1. The van der Waals surface area contributed by atoms with Gasteiger partial charge in [0.2, 0.25) is 0 Å². The van der Waals surface area contributed by atoms with Crippen molar-refractivity contribution < 1.29 is 4.74 Å². The van der Waals surface area contributed by atoms with Gasteiger partial charge in [-0.15, -0.1) is 0 Å². The van der Waals surface area contributed by atoms with Crippen molar-refractivity contribution >= 4 is 5.82 Å². The standard InChI is InChI=1S/C15H25N3O/c1-13-6-4-8-15(16-13)18-9-5-7-14(18)12-17(2)10-11-19-3/h4,6,8,14H,5,7,9-12H2,1-3H3/t14-/m1/s1. The van der Waals surface area contributed by atoms with Gasteiger partial charge < -0.3 is 14.5 Å². The topological polar surface area (TPSA) is 28.6 Å². The molecule has 0 bridgehead atoms. The number of likely N-dealkylation sites (N-methyl/N-ethyl adjacent to an activating group) is 1.